The van der Waals surface area contributed by atoms with Gasteiger partial charge in [0.2, 0.25) is 5.91 Å². The standard InChI is InChI=1S/C24H27N3O2S2/c28-23(25-18-3-5-19(6-4-18)26-12-14-29-15-13-26)8-11-27-10-7-21-20(9-17-31-21)24(27)22-2-1-16-30-22/h1-6,9,16-17,24H,7-8,10-15H2,(H,25,28). The summed E-state index contributed by atoms with van der Waals surface area (Å²) in [4.78, 5) is 20.3. The molecule has 1 fully saturated rings. The maximum absolute atomic E-state index is 12.7. The van der Waals surface area contributed by atoms with Crippen LogP contribution in [0.5, 0.6) is 0 Å². The van der Waals surface area contributed by atoms with Crippen molar-refractivity contribution < 1.29 is 9.53 Å². The fourth-order valence-electron chi connectivity index (χ4n) is 4.44. The summed E-state index contributed by atoms with van der Waals surface area (Å²) in [7, 11) is 0. The molecule has 3 aromatic rings. The van der Waals surface area contributed by atoms with Crippen molar-refractivity contribution >= 4 is 40.0 Å². The Morgan fingerprint density at radius 3 is 2.65 bits per heavy atom. The predicted octanol–water partition coefficient (Wildman–Crippen LogP) is 4.62. The van der Waals surface area contributed by atoms with Gasteiger partial charge in [-0.05, 0) is 59.1 Å². The quantitative estimate of drug-likeness (QED) is 0.591. The van der Waals surface area contributed by atoms with Crippen molar-refractivity contribution in [1.82, 2.24) is 4.90 Å². The van der Waals surface area contributed by atoms with E-state index in [1.807, 2.05) is 23.5 Å². The molecule has 4 heterocycles. The minimum atomic E-state index is 0.0696. The highest BCUT2D eigenvalue weighted by atomic mass is 32.1. The lowest BCUT2D eigenvalue weighted by Crippen LogP contribution is -2.37. The number of thiophene rings is 2. The molecule has 1 unspecified atom stereocenters. The number of fused-ring (bicyclic) bond motifs is 1. The van der Waals surface area contributed by atoms with Crippen LogP contribution in [0, 0.1) is 0 Å². The largest absolute Gasteiger partial charge is 0.378 e. The predicted molar refractivity (Wildman–Crippen MR) is 128 cm³/mol. The molecule has 31 heavy (non-hydrogen) atoms. The van der Waals surface area contributed by atoms with Crippen LogP contribution in [0.3, 0.4) is 0 Å². The van der Waals surface area contributed by atoms with Crippen molar-refractivity contribution in [2.45, 2.75) is 18.9 Å². The molecule has 0 bridgehead atoms. The van der Waals surface area contributed by atoms with Gasteiger partial charge in [0.1, 0.15) is 0 Å². The zero-order chi connectivity index (χ0) is 21.0. The molecule has 5 nitrogen and oxygen atoms in total. The zero-order valence-electron chi connectivity index (χ0n) is 17.5. The Bertz CT molecular complexity index is 994. The van der Waals surface area contributed by atoms with Crippen LogP contribution in [0.15, 0.2) is 53.2 Å². The number of carbonyl (C=O) groups excluding carboxylic acids is 1. The first-order chi connectivity index (χ1) is 15.3. The molecule has 0 aliphatic carbocycles. The molecule has 1 amide bonds. The highest BCUT2D eigenvalue weighted by Gasteiger charge is 2.30. The van der Waals surface area contributed by atoms with Crippen LogP contribution in [-0.4, -0.2) is 50.2 Å². The number of ether oxygens (including phenoxy) is 1. The average Bonchev–Trinajstić information content (AvgIpc) is 3.51. The average molecular weight is 454 g/mol. The molecule has 7 heteroatoms. The van der Waals surface area contributed by atoms with E-state index in [-0.39, 0.29) is 11.9 Å². The molecule has 2 aliphatic heterocycles. The molecule has 2 aliphatic rings. The molecule has 0 radical (unpaired) electrons. The third kappa shape index (κ3) is 4.70. The number of nitrogens with one attached hydrogen (secondary N) is 1. The Morgan fingerprint density at radius 2 is 1.87 bits per heavy atom. The van der Waals surface area contributed by atoms with Crippen molar-refractivity contribution in [2.24, 2.45) is 0 Å². The third-order valence-corrected chi connectivity index (χ3v) is 7.95. The fraction of sp³-hybridized carbons (Fsp3) is 0.375. The summed E-state index contributed by atoms with van der Waals surface area (Å²) >= 11 is 3.65. The van der Waals surface area contributed by atoms with Crippen molar-refractivity contribution in [3.05, 3.63) is 68.5 Å². The van der Waals surface area contributed by atoms with Gasteiger partial charge in [0.05, 0.1) is 19.3 Å². The van der Waals surface area contributed by atoms with Crippen LogP contribution >= 0.6 is 22.7 Å². The second-order valence-corrected chi connectivity index (χ2v) is 9.93. The van der Waals surface area contributed by atoms with E-state index in [2.05, 4.69) is 56.2 Å². The number of rotatable bonds is 6. The number of anilines is 2. The molecular formula is C24H27N3O2S2. The SMILES string of the molecule is O=C(CCN1CCc2sccc2C1c1cccs1)Nc1ccc(N2CCOCC2)cc1. The Labute approximate surface area is 191 Å². The molecule has 0 saturated carbocycles. The smallest absolute Gasteiger partial charge is 0.225 e. The van der Waals surface area contributed by atoms with Gasteiger partial charge < -0.3 is 15.0 Å². The number of nitrogens with zero attached hydrogens (tertiary/aromatic N) is 2. The number of amides is 1. The van der Waals surface area contributed by atoms with E-state index in [0.29, 0.717) is 6.42 Å². The maximum Gasteiger partial charge on any atom is 0.225 e. The van der Waals surface area contributed by atoms with E-state index in [1.54, 1.807) is 11.3 Å². The molecule has 1 aromatic carbocycles. The molecule has 1 saturated heterocycles. The second kappa shape index (κ2) is 9.53. The van der Waals surface area contributed by atoms with Gasteiger partial charge in [0, 0.05) is 53.7 Å². The number of benzene rings is 1. The normalized spacial score (nSPS) is 19.2. The lowest BCUT2D eigenvalue weighted by Gasteiger charge is -2.35. The summed E-state index contributed by atoms with van der Waals surface area (Å²) in [6.07, 6.45) is 1.56. The minimum Gasteiger partial charge on any atom is -0.378 e. The molecule has 1 N–H and O–H groups in total. The van der Waals surface area contributed by atoms with Crippen LogP contribution in [0.1, 0.15) is 27.8 Å². The summed E-state index contributed by atoms with van der Waals surface area (Å²) in [6.45, 7) is 5.13. The first-order valence-corrected chi connectivity index (χ1v) is 12.6. The Balaban J connectivity index is 1.19. The monoisotopic (exact) mass is 453 g/mol. The van der Waals surface area contributed by atoms with E-state index in [1.165, 1.54) is 21.0 Å². The highest BCUT2D eigenvalue weighted by molar-refractivity contribution is 7.10. The first-order valence-electron chi connectivity index (χ1n) is 10.8. The van der Waals surface area contributed by atoms with E-state index < -0.39 is 0 Å². The van der Waals surface area contributed by atoms with E-state index in [4.69, 9.17) is 4.74 Å². The highest BCUT2D eigenvalue weighted by Crippen LogP contribution is 2.39. The summed E-state index contributed by atoms with van der Waals surface area (Å²) in [5.41, 5.74) is 3.45. The van der Waals surface area contributed by atoms with Gasteiger partial charge in [-0.15, -0.1) is 22.7 Å². The van der Waals surface area contributed by atoms with Gasteiger partial charge in [0.15, 0.2) is 0 Å². The Morgan fingerprint density at radius 1 is 1.03 bits per heavy atom. The van der Waals surface area contributed by atoms with Crippen LogP contribution in [0.4, 0.5) is 11.4 Å². The van der Waals surface area contributed by atoms with E-state index in [9.17, 15) is 4.79 Å². The van der Waals surface area contributed by atoms with Crippen LogP contribution in [-0.2, 0) is 16.0 Å². The Kier molecular flexibility index (Phi) is 6.36. The van der Waals surface area contributed by atoms with Crippen molar-refractivity contribution in [3.8, 4) is 0 Å². The van der Waals surface area contributed by atoms with Crippen LogP contribution in [0.2, 0.25) is 0 Å². The van der Waals surface area contributed by atoms with Gasteiger partial charge in [-0.25, -0.2) is 0 Å². The van der Waals surface area contributed by atoms with Gasteiger partial charge in [-0.1, -0.05) is 6.07 Å². The third-order valence-electron chi connectivity index (χ3n) is 6.03. The fourth-order valence-corrected chi connectivity index (χ4v) is 6.22. The molecule has 162 valence electrons. The molecule has 1 atom stereocenters. The number of morpholine rings is 1. The lowest BCUT2D eigenvalue weighted by atomic mass is 9.98. The van der Waals surface area contributed by atoms with Gasteiger partial charge in [-0.2, -0.15) is 0 Å². The molecule has 5 rings (SSSR count). The van der Waals surface area contributed by atoms with Crippen molar-refractivity contribution in [2.75, 3.05) is 49.6 Å². The molecule has 0 spiro atoms. The maximum atomic E-state index is 12.7. The van der Waals surface area contributed by atoms with Crippen LogP contribution < -0.4 is 10.2 Å². The summed E-state index contributed by atoms with van der Waals surface area (Å²) in [5, 5.41) is 7.41. The first kappa shape index (κ1) is 20.7. The molecule has 2 aromatic heterocycles. The number of hydrogen-bond donors (Lipinski definition) is 1. The van der Waals surface area contributed by atoms with E-state index in [0.717, 1.165) is 51.5 Å². The number of carbonyl (C=O) groups is 1. The topological polar surface area (TPSA) is 44.8 Å². The number of hydrogen-bond acceptors (Lipinski definition) is 6. The van der Waals surface area contributed by atoms with Crippen LogP contribution in [0.25, 0.3) is 0 Å². The lowest BCUT2D eigenvalue weighted by molar-refractivity contribution is -0.116. The second-order valence-electron chi connectivity index (χ2n) is 7.95. The summed E-state index contributed by atoms with van der Waals surface area (Å²) in [5.74, 6) is 0.0696. The summed E-state index contributed by atoms with van der Waals surface area (Å²) < 4.78 is 5.42. The van der Waals surface area contributed by atoms with Crippen molar-refractivity contribution in [1.29, 1.82) is 0 Å². The van der Waals surface area contributed by atoms with E-state index >= 15 is 0 Å². The zero-order valence-corrected chi connectivity index (χ0v) is 19.1. The summed E-state index contributed by atoms with van der Waals surface area (Å²) in [6, 6.07) is 15.0. The van der Waals surface area contributed by atoms with Gasteiger partial charge in [-0.3, -0.25) is 9.69 Å². The Hall–Kier alpha value is -2.19. The minimum absolute atomic E-state index is 0.0696. The van der Waals surface area contributed by atoms with Gasteiger partial charge >= 0.3 is 0 Å². The molecular weight excluding hydrogens is 426 g/mol. The van der Waals surface area contributed by atoms with Gasteiger partial charge in [0.25, 0.3) is 0 Å². The van der Waals surface area contributed by atoms with Crippen molar-refractivity contribution in [3.63, 3.8) is 0 Å².